The van der Waals surface area contributed by atoms with Crippen molar-refractivity contribution >= 4 is 21.7 Å². The summed E-state index contributed by atoms with van der Waals surface area (Å²) in [7, 11) is 6.37. The number of benzene rings is 2. The molecule has 0 aromatic heterocycles. The Morgan fingerprint density at radius 3 is 2.00 bits per heavy atom. The molecule has 2 aromatic rings. The zero-order valence-electron chi connectivity index (χ0n) is 18.6. The summed E-state index contributed by atoms with van der Waals surface area (Å²) in [6.07, 6.45) is 2.15. The van der Waals surface area contributed by atoms with Crippen LogP contribution in [0.2, 0.25) is 0 Å². The normalized spacial score (nSPS) is 18.1. The molecule has 0 bridgehead atoms. The van der Waals surface area contributed by atoms with Crippen LogP contribution in [-0.4, -0.2) is 40.8 Å². The first kappa shape index (κ1) is 23.3. The fraction of sp³-hybridized carbons (Fsp3) is 0.458. The van der Waals surface area contributed by atoms with Crippen LogP contribution in [-0.2, 0) is 4.79 Å². The van der Waals surface area contributed by atoms with Crippen molar-refractivity contribution in [3.8, 4) is 28.7 Å². The molecule has 0 spiro atoms. The number of halogens is 1. The Bertz CT molecular complexity index is 917. The second kappa shape index (κ2) is 10.3. The lowest BCUT2D eigenvalue weighted by molar-refractivity contribution is -0.118. The summed E-state index contributed by atoms with van der Waals surface area (Å²) >= 11 is 3.60. The molecule has 31 heavy (non-hydrogen) atoms. The van der Waals surface area contributed by atoms with Crippen molar-refractivity contribution in [2.45, 2.75) is 38.0 Å². The Hall–Kier alpha value is -2.41. The molecule has 2 unspecified atom stereocenters. The molecule has 0 amide bonds. The zero-order chi connectivity index (χ0) is 22.5. The van der Waals surface area contributed by atoms with Crippen LogP contribution < -0.4 is 23.7 Å². The summed E-state index contributed by atoms with van der Waals surface area (Å²) in [6.45, 7) is 2.64. The monoisotopic (exact) mass is 492 g/mol. The smallest absolute Gasteiger partial charge is 0.203 e. The maximum atomic E-state index is 13.0. The van der Waals surface area contributed by atoms with Crippen LogP contribution in [0.1, 0.15) is 49.1 Å². The molecule has 2 atom stereocenters. The van der Waals surface area contributed by atoms with Crippen LogP contribution in [0, 0.1) is 0 Å². The number of rotatable bonds is 9. The van der Waals surface area contributed by atoms with Crippen LogP contribution in [0.15, 0.2) is 28.7 Å². The van der Waals surface area contributed by atoms with Gasteiger partial charge in [-0.25, -0.2) is 0 Å². The van der Waals surface area contributed by atoms with E-state index in [1.807, 2.05) is 31.2 Å². The number of carbonyl (C=O) groups is 1. The number of ether oxygens (including phenoxy) is 5. The van der Waals surface area contributed by atoms with E-state index in [2.05, 4.69) is 15.9 Å². The Labute approximate surface area is 191 Å². The third kappa shape index (κ3) is 4.61. The molecule has 0 radical (unpaired) electrons. The molecule has 0 N–H and O–H groups in total. The van der Waals surface area contributed by atoms with Crippen LogP contribution in [0.5, 0.6) is 28.7 Å². The lowest BCUT2D eigenvalue weighted by Gasteiger charge is -2.23. The van der Waals surface area contributed by atoms with Gasteiger partial charge < -0.3 is 23.7 Å². The second-order valence-electron chi connectivity index (χ2n) is 7.43. The van der Waals surface area contributed by atoms with Gasteiger partial charge in [-0.2, -0.15) is 0 Å². The van der Waals surface area contributed by atoms with Gasteiger partial charge >= 0.3 is 0 Å². The Morgan fingerprint density at radius 2 is 1.45 bits per heavy atom. The first-order valence-corrected chi connectivity index (χ1v) is 11.1. The number of hydrogen-bond acceptors (Lipinski definition) is 6. The molecule has 7 heteroatoms. The third-order valence-electron chi connectivity index (χ3n) is 5.63. The fourth-order valence-corrected chi connectivity index (χ4v) is 4.77. The van der Waals surface area contributed by atoms with Crippen LogP contribution in [0.3, 0.4) is 0 Å². The minimum Gasteiger partial charge on any atom is -0.493 e. The molecule has 6 nitrogen and oxygen atoms in total. The Balaban J connectivity index is 2.06. The van der Waals surface area contributed by atoms with Crippen molar-refractivity contribution in [3.63, 3.8) is 0 Å². The van der Waals surface area contributed by atoms with E-state index in [1.165, 1.54) is 0 Å². The van der Waals surface area contributed by atoms with E-state index in [0.29, 0.717) is 41.8 Å². The minimum atomic E-state index is -0.298. The summed E-state index contributed by atoms with van der Waals surface area (Å²) in [5.41, 5.74) is 1.88. The maximum absolute atomic E-state index is 13.0. The van der Waals surface area contributed by atoms with Gasteiger partial charge in [0.2, 0.25) is 5.75 Å². The third-order valence-corrected chi connectivity index (χ3v) is 6.22. The summed E-state index contributed by atoms with van der Waals surface area (Å²) in [5, 5.41) is 0. The van der Waals surface area contributed by atoms with Gasteiger partial charge in [-0.15, -0.1) is 0 Å². The second-order valence-corrected chi connectivity index (χ2v) is 8.28. The van der Waals surface area contributed by atoms with E-state index in [9.17, 15) is 4.79 Å². The van der Waals surface area contributed by atoms with Crippen molar-refractivity contribution < 1.29 is 28.5 Å². The van der Waals surface area contributed by atoms with Gasteiger partial charge in [-0.1, -0.05) is 6.92 Å². The van der Waals surface area contributed by atoms with Gasteiger partial charge in [0.05, 0.1) is 39.5 Å². The van der Waals surface area contributed by atoms with Gasteiger partial charge in [0, 0.05) is 12.3 Å². The minimum absolute atomic E-state index is 0.0137. The largest absolute Gasteiger partial charge is 0.493 e. The standard InChI is InChI=1S/C24H29BrO6/c1-6-9-31-23-17(25)10-15(13-19(23)27-2)22-16(7-8-18(22)26)14-11-20(28-3)24(30-5)21(12-14)29-4/h10-13,16,22H,6-9H2,1-5H3. The molecule has 0 heterocycles. The first-order valence-electron chi connectivity index (χ1n) is 10.3. The average Bonchev–Trinajstić information content (AvgIpc) is 3.17. The predicted octanol–water partition coefficient (Wildman–Crippen LogP) is 5.50. The fourth-order valence-electron chi connectivity index (χ4n) is 4.20. The lowest BCUT2D eigenvalue weighted by Crippen LogP contribution is -2.13. The Kier molecular flexibility index (Phi) is 7.70. The van der Waals surface area contributed by atoms with Gasteiger partial charge in [0.15, 0.2) is 23.0 Å². The molecule has 1 aliphatic carbocycles. The van der Waals surface area contributed by atoms with Gasteiger partial charge in [0.1, 0.15) is 5.78 Å². The van der Waals surface area contributed by atoms with E-state index in [1.54, 1.807) is 28.4 Å². The molecule has 3 rings (SSSR count). The molecular weight excluding hydrogens is 464 g/mol. The maximum Gasteiger partial charge on any atom is 0.203 e. The van der Waals surface area contributed by atoms with Crippen molar-refractivity contribution in [3.05, 3.63) is 39.9 Å². The molecule has 168 valence electrons. The van der Waals surface area contributed by atoms with Gasteiger partial charge in [-0.3, -0.25) is 4.79 Å². The molecular formula is C24H29BrO6. The number of carbonyl (C=O) groups excluding carboxylic acids is 1. The van der Waals surface area contributed by atoms with Crippen LogP contribution >= 0.6 is 15.9 Å². The Morgan fingerprint density at radius 1 is 0.871 bits per heavy atom. The first-order chi connectivity index (χ1) is 15.0. The predicted molar refractivity (Wildman–Crippen MR) is 122 cm³/mol. The highest BCUT2D eigenvalue weighted by molar-refractivity contribution is 9.10. The molecule has 0 saturated heterocycles. The number of ketones is 1. The number of Topliss-reactive ketones (excluding diaryl/α,β-unsaturated/α-hetero) is 1. The molecule has 2 aromatic carbocycles. The SMILES string of the molecule is CCCOc1c(Br)cc(C2C(=O)CCC2c2cc(OC)c(OC)c(OC)c2)cc1OC. The van der Waals surface area contributed by atoms with E-state index in [-0.39, 0.29) is 17.6 Å². The van der Waals surface area contributed by atoms with Crippen molar-refractivity contribution in [2.24, 2.45) is 0 Å². The average molecular weight is 493 g/mol. The summed E-state index contributed by atoms with van der Waals surface area (Å²) in [4.78, 5) is 13.0. The van der Waals surface area contributed by atoms with Crippen LogP contribution in [0.25, 0.3) is 0 Å². The summed E-state index contributed by atoms with van der Waals surface area (Å²) in [6, 6.07) is 7.74. The molecule has 1 fully saturated rings. The van der Waals surface area contributed by atoms with E-state index in [0.717, 1.165) is 28.4 Å². The van der Waals surface area contributed by atoms with Crippen molar-refractivity contribution in [1.29, 1.82) is 0 Å². The lowest BCUT2D eigenvalue weighted by atomic mass is 9.83. The number of methoxy groups -OCH3 is 4. The summed E-state index contributed by atoms with van der Waals surface area (Å²) < 4.78 is 28.7. The number of hydrogen-bond donors (Lipinski definition) is 0. The van der Waals surface area contributed by atoms with E-state index in [4.69, 9.17) is 23.7 Å². The van der Waals surface area contributed by atoms with E-state index < -0.39 is 0 Å². The van der Waals surface area contributed by atoms with Gasteiger partial charge in [0.25, 0.3) is 0 Å². The van der Waals surface area contributed by atoms with Gasteiger partial charge in [-0.05, 0) is 70.1 Å². The highest BCUT2D eigenvalue weighted by Crippen LogP contribution is 2.50. The van der Waals surface area contributed by atoms with E-state index >= 15 is 0 Å². The topological polar surface area (TPSA) is 63.2 Å². The molecule has 1 saturated carbocycles. The van der Waals surface area contributed by atoms with Crippen LogP contribution in [0.4, 0.5) is 0 Å². The van der Waals surface area contributed by atoms with Crippen molar-refractivity contribution in [2.75, 3.05) is 35.0 Å². The highest BCUT2D eigenvalue weighted by Gasteiger charge is 2.38. The zero-order valence-corrected chi connectivity index (χ0v) is 20.2. The quantitative estimate of drug-likeness (QED) is 0.460. The highest BCUT2D eigenvalue weighted by atomic mass is 79.9. The van der Waals surface area contributed by atoms with Crippen molar-refractivity contribution in [1.82, 2.24) is 0 Å². The molecule has 1 aliphatic rings. The molecule has 0 aliphatic heterocycles. The summed E-state index contributed by atoms with van der Waals surface area (Å²) in [5.74, 6) is 2.86.